The van der Waals surface area contributed by atoms with Crippen molar-refractivity contribution in [1.82, 2.24) is 5.32 Å². The molecule has 1 unspecified atom stereocenters. The average molecular weight is 286 g/mol. The zero-order valence-electron chi connectivity index (χ0n) is 10.5. The Bertz CT molecular complexity index is 478. The van der Waals surface area contributed by atoms with E-state index in [0.717, 1.165) is 17.1 Å². The number of benzene rings is 1. The third-order valence-corrected chi connectivity index (χ3v) is 4.95. The van der Waals surface area contributed by atoms with Crippen molar-refractivity contribution in [2.45, 2.75) is 24.8 Å². The number of thioether (sulfide) groups is 1. The van der Waals surface area contributed by atoms with Gasteiger partial charge in [-0.05, 0) is 31.5 Å². The summed E-state index contributed by atoms with van der Waals surface area (Å²) in [5.74, 6) is 2.52. The summed E-state index contributed by atoms with van der Waals surface area (Å²) in [6, 6.07) is 4.01. The van der Waals surface area contributed by atoms with E-state index in [0.29, 0.717) is 24.0 Å². The highest BCUT2D eigenvalue weighted by Gasteiger charge is 2.32. The number of ether oxygens (including phenoxy) is 2. The number of hydrogen-bond donors (Lipinski definition) is 1. The molecular weight excluding hydrogens is 270 g/mol. The minimum atomic E-state index is 0.162. The van der Waals surface area contributed by atoms with E-state index < -0.39 is 0 Å². The van der Waals surface area contributed by atoms with Crippen molar-refractivity contribution in [3.8, 4) is 11.5 Å². The molecule has 2 aliphatic rings. The second kappa shape index (κ2) is 4.51. The van der Waals surface area contributed by atoms with Gasteiger partial charge in [0.15, 0.2) is 11.5 Å². The SMILES string of the molecule is CC1(C)CSC(c2cc(Cl)c3c(c2)OCCO3)N1. The van der Waals surface area contributed by atoms with Crippen molar-refractivity contribution in [2.75, 3.05) is 19.0 Å². The molecule has 1 fully saturated rings. The van der Waals surface area contributed by atoms with Crippen LogP contribution in [0.25, 0.3) is 0 Å². The zero-order chi connectivity index (χ0) is 12.8. The Morgan fingerprint density at radius 1 is 1.33 bits per heavy atom. The molecule has 1 aromatic carbocycles. The van der Waals surface area contributed by atoms with E-state index in [-0.39, 0.29) is 10.9 Å². The quantitative estimate of drug-likeness (QED) is 0.858. The molecule has 0 radical (unpaired) electrons. The van der Waals surface area contributed by atoms with E-state index in [1.54, 1.807) is 0 Å². The largest absolute Gasteiger partial charge is 0.486 e. The predicted octanol–water partition coefficient (Wildman–Crippen LogP) is 3.22. The van der Waals surface area contributed by atoms with Crippen LogP contribution in [0.3, 0.4) is 0 Å². The van der Waals surface area contributed by atoms with Crippen molar-refractivity contribution in [2.24, 2.45) is 0 Å². The number of fused-ring (bicyclic) bond motifs is 1. The van der Waals surface area contributed by atoms with E-state index >= 15 is 0 Å². The molecule has 1 aromatic rings. The van der Waals surface area contributed by atoms with Gasteiger partial charge in [-0.3, -0.25) is 5.32 Å². The fourth-order valence-corrected chi connectivity index (χ4v) is 3.86. The smallest absolute Gasteiger partial charge is 0.179 e. The minimum Gasteiger partial charge on any atom is -0.486 e. The highest BCUT2D eigenvalue weighted by Crippen LogP contribution is 2.44. The third kappa shape index (κ3) is 2.29. The lowest BCUT2D eigenvalue weighted by atomic mass is 10.1. The standard InChI is InChI=1S/C13H16ClNO2S/c1-13(2)7-18-12(15-13)8-5-9(14)11-10(6-8)16-3-4-17-11/h5-6,12,15H,3-4,7H2,1-2H3. The van der Waals surface area contributed by atoms with Crippen molar-refractivity contribution in [1.29, 1.82) is 0 Å². The first-order valence-electron chi connectivity index (χ1n) is 6.03. The fraction of sp³-hybridized carbons (Fsp3) is 0.538. The van der Waals surface area contributed by atoms with E-state index in [2.05, 4.69) is 19.2 Å². The first kappa shape index (κ1) is 12.5. The summed E-state index contributed by atoms with van der Waals surface area (Å²) in [4.78, 5) is 0. The van der Waals surface area contributed by atoms with Gasteiger partial charge >= 0.3 is 0 Å². The van der Waals surface area contributed by atoms with Crippen molar-refractivity contribution >= 4 is 23.4 Å². The molecule has 5 heteroatoms. The van der Waals surface area contributed by atoms with Crippen LogP contribution in [-0.2, 0) is 0 Å². The average Bonchev–Trinajstić information content (AvgIpc) is 2.70. The van der Waals surface area contributed by atoms with E-state index in [9.17, 15) is 0 Å². The van der Waals surface area contributed by atoms with Gasteiger partial charge in [-0.15, -0.1) is 11.8 Å². The molecular formula is C13H16ClNO2S. The van der Waals surface area contributed by atoms with Gasteiger partial charge in [0.1, 0.15) is 13.2 Å². The summed E-state index contributed by atoms with van der Waals surface area (Å²) < 4.78 is 11.1. The van der Waals surface area contributed by atoms with E-state index in [1.165, 1.54) is 0 Å². The summed E-state index contributed by atoms with van der Waals surface area (Å²) in [6.45, 7) is 5.57. The molecule has 1 N–H and O–H groups in total. The molecule has 3 nitrogen and oxygen atoms in total. The zero-order valence-corrected chi connectivity index (χ0v) is 12.0. The third-order valence-electron chi connectivity index (χ3n) is 3.05. The van der Waals surface area contributed by atoms with Crippen LogP contribution in [0.4, 0.5) is 0 Å². The van der Waals surface area contributed by atoms with Crippen LogP contribution in [0.15, 0.2) is 12.1 Å². The number of rotatable bonds is 1. The van der Waals surface area contributed by atoms with Crippen LogP contribution in [0.1, 0.15) is 24.8 Å². The van der Waals surface area contributed by atoms with Crippen LogP contribution in [0, 0.1) is 0 Å². The highest BCUT2D eigenvalue weighted by molar-refractivity contribution is 7.99. The molecule has 2 aliphatic heterocycles. The summed E-state index contributed by atoms with van der Waals surface area (Å²) in [5, 5.41) is 4.49. The van der Waals surface area contributed by atoms with Crippen molar-refractivity contribution < 1.29 is 9.47 Å². The maximum Gasteiger partial charge on any atom is 0.179 e. The monoisotopic (exact) mass is 285 g/mol. The second-order valence-electron chi connectivity index (χ2n) is 5.25. The maximum absolute atomic E-state index is 6.25. The van der Waals surface area contributed by atoms with Gasteiger partial charge in [0, 0.05) is 11.3 Å². The topological polar surface area (TPSA) is 30.5 Å². The Morgan fingerprint density at radius 3 is 2.83 bits per heavy atom. The summed E-state index contributed by atoms with van der Waals surface area (Å²) in [7, 11) is 0. The molecule has 2 heterocycles. The van der Waals surface area contributed by atoms with Gasteiger partial charge in [0.05, 0.1) is 10.4 Å². The lowest BCUT2D eigenvalue weighted by Crippen LogP contribution is -2.35. The van der Waals surface area contributed by atoms with Crippen LogP contribution in [0.5, 0.6) is 11.5 Å². The maximum atomic E-state index is 6.25. The van der Waals surface area contributed by atoms with Crippen LogP contribution < -0.4 is 14.8 Å². The van der Waals surface area contributed by atoms with Crippen molar-refractivity contribution in [3.05, 3.63) is 22.7 Å². The molecule has 98 valence electrons. The number of nitrogens with one attached hydrogen (secondary N) is 1. The second-order valence-corrected chi connectivity index (χ2v) is 6.75. The van der Waals surface area contributed by atoms with Gasteiger partial charge in [-0.25, -0.2) is 0 Å². The van der Waals surface area contributed by atoms with Gasteiger partial charge in [0.25, 0.3) is 0 Å². The van der Waals surface area contributed by atoms with Gasteiger partial charge < -0.3 is 9.47 Å². The Labute approximate surface area is 116 Å². The molecule has 0 spiro atoms. The minimum absolute atomic E-state index is 0.162. The molecule has 0 aromatic heterocycles. The van der Waals surface area contributed by atoms with E-state index in [1.807, 2.05) is 23.9 Å². The Morgan fingerprint density at radius 2 is 2.11 bits per heavy atom. The molecule has 0 amide bonds. The first-order valence-corrected chi connectivity index (χ1v) is 7.46. The van der Waals surface area contributed by atoms with Gasteiger partial charge in [0.2, 0.25) is 0 Å². The summed E-state index contributed by atoms with van der Waals surface area (Å²) in [5.41, 5.74) is 1.31. The normalized spacial score (nSPS) is 25.2. The number of hydrogen-bond acceptors (Lipinski definition) is 4. The Kier molecular flexibility index (Phi) is 3.12. The Balaban J connectivity index is 1.92. The first-order chi connectivity index (χ1) is 8.55. The van der Waals surface area contributed by atoms with Gasteiger partial charge in [-0.1, -0.05) is 11.6 Å². The lowest BCUT2D eigenvalue weighted by Gasteiger charge is -2.23. The fourth-order valence-electron chi connectivity index (χ4n) is 2.19. The molecule has 18 heavy (non-hydrogen) atoms. The molecule has 1 saturated heterocycles. The molecule has 1 atom stereocenters. The van der Waals surface area contributed by atoms with Crippen molar-refractivity contribution in [3.63, 3.8) is 0 Å². The highest BCUT2D eigenvalue weighted by atomic mass is 35.5. The summed E-state index contributed by atoms with van der Waals surface area (Å²) in [6.07, 6.45) is 0. The molecule has 0 bridgehead atoms. The predicted molar refractivity (Wildman–Crippen MR) is 74.9 cm³/mol. The molecule has 3 rings (SSSR count). The molecule has 0 saturated carbocycles. The lowest BCUT2D eigenvalue weighted by molar-refractivity contribution is 0.171. The number of halogens is 1. The van der Waals surface area contributed by atoms with Crippen LogP contribution in [0.2, 0.25) is 5.02 Å². The van der Waals surface area contributed by atoms with E-state index in [4.69, 9.17) is 21.1 Å². The van der Waals surface area contributed by atoms with Gasteiger partial charge in [-0.2, -0.15) is 0 Å². The van der Waals surface area contributed by atoms with Crippen LogP contribution in [-0.4, -0.2) is 24.5 Å². The summed E-state index contributed by atoms with van der Waals surface area (Å²) >= 11 is 8.15. The Hall–Kier alpha value is -0.580. The molecule has 0 aliphatic carbocycles. The van der Waals surface area contributed by atoms with Crippen LogP contribution >= 0.6 is 23.4 Å².